The molecule has 2 heterocycles. The molecule has 0 aromatic carbocycles. The normalized spacial score (nSPS) is 36.0. The van der Waals surface area contributed by atoms with Crippen LogP contribution in [0.5, 0.6) is 0 Å². The van der Waals surface area contributed by atoms with Gasteiger partial charge in [0.1, 0.15) is 6.04 Å². The van der Waals surface area contributed by atoms with Gasteiger partial charge < -0.3 is 20.4 Å². The Morgan fingerprint density at radius 2 is 2.22 bits per heavy atom. The zero-order valence-corrected chi connectivity index (χ0v) is 10.6. The lowest BCUT2D eigenvalue weighted by molar-refractivity contribution is -0.151. The van der Waals surface area contributed by atoms with Gasteiger partial charge in [0, 0.05) is 13.0 Å². The van der Waals surface area contributed by atoms with Crippen molar-refractivity contribution in [1.82, 2.24) is 10.2 Å². The largest absolute Gasteiger partial charge is 0.480 e. The quantitative estimate of drug-likeness (QED) is 0.637. The molecular weight excluding hydrogens is 236 g/mol. The molecule has 102 valence electrons. The van der Waals surface area contributed by atoms with Crippen LogP contribution in [0.3, 0.4) is 0 Å². The molecular formula is C12H20N2O4. The van der Waals surface area contributed by atoms with E-state index in [1.807, 2.05) is 6.92 Å². The van der Waals surface area contributed by atoms with Gasteiger partial charge >= 0.3 is 5.97 Å². The summed E-state index contributed by atoms with van der Waals surface area (Å²) in [6, 6.07) is -0.890. The Hall–Kier alpha value is -1.14. The molecule has 0 aromatic rings. The first-order chi connectivity index (χ1) is 8.50. The van der Waals surface area contributed by atoms with E-state index in [4.69, 9.17) is 5.11 Å². The molecule has 2 aliphatic rings. The maximum Gasteiger partial charge on any atom is 0.326 e. The minimum Gasteiger partial charge on any atom is -0.480 e. The number of carbonyl (C=O) groups excluding carboxylic acids is 1. The molecule has 0 spiro atoms. The Balaban J connectivity index is 2.19. The van der Waals surface area contributed by atoms with Gasteiger partial charge in [-0.2, -0.15) is 0 Å². The number of carboxylic acid groups (broad SMARTS) is 1. The van der Waals surface area contributed by atoms with E-state index in [1.165, 1.54) is 4.90 Å². The van der Waals surface area contributed by atoms with Crippen LogP contribution in [-0.2, 0) is 9.59 Å². The average molecular weight is 256 g/mol. The molecule has 6 nitrogen and oxygen atoms in total. The van der Waals surface area contributed by atoms with Gasteiger partial charge in [0.2, 0.25) is 5.91 Å². The number of nitrogens with one attached hydrogen (secondary N) is 1. The van der Waals surface area contributed by atoms with E-state index in [0.29, 0.717) is 6.42 Å². The number of nitrogens with zero attached hydrogens (tertiary/aromatic N) is 1. The fourth-order valence-electron chi connectivity index (χ4n) is 2.99. The van der Waals surface area contributed by atoms with Crippen LogP contribution >= 0.6 is 0 Å². The molecule has 0 saturated carbocycles. The molecule has 6 heteroatoms. The molecule has 0 radical (unpaired) electrons. The summed E-state index contributed by atoms with van der Waals surface area (Å²) in [6.45, 7) is 2.84. The van der Waals surface area contributed by atoms with Crippen LogP contribution < -0.4 is 5.32 Å². The number of hydrogen-bond acceptors (Lipinski definition) is 4. The van der Waals surface area contributed by atoms with Crippen molar-refractivity contribution in [3.8, 4) is 0 Å². The number of likely N-dealkylation sites (tertiary alicyclic amines) is 1. The molecule has 0 aliphatic carbocycles. The molecule has 0 aromatic heterocycles. The number of aliphatic carboxylic acids is 1. The zero-order chi connectivity index (χ0) is 13.3. The Bertz CT molecular complexity index is 352. The fourth-order valence-corrected chi connectivity index (χ4v) is 2.99. The topological polar surface area (TPSA) is 89.9 Å². The summed E-state index contributed by atoms with van der Waals surface area (Å²) in [5.41, 5.74) is -0.627. The van der Waals surface area contributed by atoms with E-state index in [-0.39, 0.29) is 18.9 Å². The number of carboxylic acids is 1. The molecule has 2 aliphatic heterocycles. The number of β-amino-alcohol motifs (C(OH)–C–C–N with tert-alkyl or cyclic N) is 1. The SMILES string of the molecule is CCC1(C(=O)N2CC(O)C[C@H]2C(=O)O)CCCN1. The summed E-state index contributed by atoms with van der Waals surface area (Å²) in [6.07, 6.45) is 1.70. The van der Waals surface area contributed by atoms with Gasteiger partial charge in [0.25, 0.3) is 0 Å². The number of aliphatic hydroxyl groups excluding tert-OH is 1. The molecule has 3 N–H and O–H groups in total. The van der Waals surface area contributed by atoms with Crippen molar-refractivity contribution in [1.29, 1.82) is 0 Å². The lowest BCUT2D eigenvalue weighted by atomic mass is 9.92. The van der Waals surface area contributed by atoms with Crippen molar-refractivity contribution in [3.05, 3.63) is 0 Å². The second kappa shape index (κ2) is 4.85. The monoisotopic (exact) mass is 256 g/mol. The third-order valence-corrected chi connectivity index (χ3v) is 4.08. The van der Waals surface area contributed by atoms with Gasteiger partial charge in [-0.05, 0) is 25.8 Å². The lowest BCUT2D eigenvalue weighted by Crippen LogP contribution is -2.57. The van der Waals surface area contributed by atoms with Crippen molar-refractivity contribution in [2.75, 3.05) is 13.1 Å². The fraction of sp³-hybridized carbons (Fsp3) is 0.833. The summed E-state index contributed by atoms with van der Waals surface area (Å²) in [5, 5.41) is 21.9. The molecule has 18 heavy (non-hydrogen) atoms. The van der Waals surface area contributed by atoms with E-state index in [0.717, 1.165) is 19.4 Å². The molecule has 2 rings (SSSR count). The zero-order valence-electron chi connectivity index (χ0n) is 10.6. The van der Waals surface area contributed by atoms with E-state index in [9.17, 15) is 14.7 Å². The summed E-state index contributed by atoms with van der Waals surface area (Å²) in [5.74, 6) is -1.21. The summed E-state index contributed by atoms with van der Waals surface area (Å²) >= 11 is 0. The number of hydrogen-bond donors (Lipinski definition) is 3. The Morgan fingerprint density at radius 1 is 1.50 bits per heavy atom. The van der Waals surface area contributed by atoms with Crippen LogP contribution in [0.4, 0.5) is 0 Å². The van der Waals surface area contributed by atoms with Crippen LogP contribution in [0.15, 0.2) is 0 Å². The summed E-state index contributed by atoms with van der Waals surface area (Å²) < 4.78 is 0. The molecule has 2 unspecified atom stereocenters. The molecule has 1 amide bonds. The van der Waals surface area contributed by atoms with Crippen molar-refractivity contribution in [3.63, 3.8) is 0 Å². The van der Waals surface area contributed by atoms with Crippen molar-refractivity contribution < 1.29 is 19.8 Å². The Labute approximate surface area is 106 Å². The third-order valence-electron chi connectivity index (χ3n) is 4.08. The van der Waals surface area contributed by atoms with Gasteiger partial charge in [0.05, 0.1) is 11.6 Å². The minimum absolute atomic E-state index is 0.124. The molecule has 0 bridgehead atoms. The first-order valence-electron chi connectivity index (χ1n) is 6.47. The number of aliphatic hydroxyl groups is 1. The first kappa shape index (κ1) is 13.3. The van der Waals surface area contributed by atoms with Crippen LogP contribution in [-0.4, -0.2) is 57.8 Å². The predicted molar refractivity (Wildman–Crippen MR) is 64.0 cm³/mol. The van der Waals surface area contributed by atoms with Crippen molar-refractivity contribution in [2.24, 2.45) is 0 Å². The molecule has 3 atom stereocenters. The Kier molecular flexibility index (Phi) is 3.59. The highest BCUT2D eigenvalue weighted by molar-refractivity contribution is 5.91. The van der Waals surface area contributed by atoms with Crippen LogP contribution in [0, 0.1) is 0 Å². The standard InChI is InChI=1S/C12H20N2O4/c1-2-12(4-3-5-13-12)11(18)14-7-8(15)6-9(14)10(16)17/h8-9,13,15H,2-7H2,1H3,(H,16,17)/t8?,9-,12?/m0/s1. The average Bonchev–Trinajstić information content (AvgIpc) is 2.95. The predicted octanol–water partition coefficient (Wildman–Crippen LogP) is -0.435. The van der Waals surface area contributed by atoms with Crippen LogP contribution in [0.25, 0.3) is 0 Å². The second-order valence-corrected chi connectivity index (χ2v) is 5.17. The van der Waals surface area contributed by atoms with Gasteiger partial charge in [-0.15, -0.1) is 0 Å². The third kappa shape index (κ3) is 2.10. The van der Waals surface area contributed by atoms with E-state index >= 15 is 0 Å². The maximum atomic E-state index is 12.5. The highest BCUT2D eigenvalue weighted by Crippen LogP contribution is 2.29. The summed E-state index contributed by atoms with van der Waals surface area (Å²) in [4.78, 5) is 25.0. The van der Waals surface area contributed by atoms with Gasteiger partial charge in [0.15, 0.2) is 0 Å². The van der Waals surface area contributed by atoms with E-state index in [2.05, 4.69) is 5.32 Å². The van der Waals surface area contributed by atoms with Gasteiger partial charge in [-0.25, -0.2) is 4.79 Å². The van der Waals surface area contributed by atoms with Crippen LogP contribution in [0.2, 0.25) is 0 Å². The number of rotatable bonds is 3. The minimum atomic E-state index is -1.04. The second-order valence-electron chi connectivity index (χ2n) is 5.17. The number of carbonyl (C=O) groups is 2. The molecule has 2 saturated heterocycles. The van der Waals surface area contributed by atoms with Crippen molar-refractivity contribution in [2.45, 2.75) is 50.3 Å². The highest BCUT2D eigenvalue weighted by Gasteiger charge is 2.48. The van der Waals surface area contributed by atoms with Gasteiger partial charge in [-0.1, -0.05) is 6.92 Å². The Morgan fingerprint density at radius 3 is 2.72 bits per heavy atom. The lowest BCUT2D eigenvalue weighted by Gasteiger charge is -2.33. The summed E-state index contributed by atoms with van der Waals surface area (Å²) in [7, 11) is 0. The highest BCUT2D eigenvalue weighted by atomic mass is 16.4. The molecule has 2 fully saturated rings. The van der Waals surface area contributed by atoms with Gasteiger partial charge in [-0.3, -0.25) is 4.79 Å². The van der Waals surface area contributed by atoms with Crippen molar-refractivity contribution >= 4 is 11.9 Å². The van der Waals surface area contributed by atoms with Crippen LogP contribution in [0.1, 0.15) is 32.6 Å². The van der Waals surface area contributed by atoms with E-state index in [1.54, 1.807) is 0 Å². The number of amides is 1. The van der Waals surface area contributed by atoms with E-state index < -0.39 is 23.7 Å². The smallest absolute Gasteiger partial charge is 0.326 e. The maximum absolute atomic E-state index is 12.5. The first-order valence-corrected chi connectivity index (χ1v) is 6.47.